The summed E-state index contributed by atoms with van der Waals surface area (Å²) < 4.78 is 11.0. The smallest absolute Gasteiger partial charge is 0.264 e. The number of carbonyl (C=O) groups is 1. The number of para-hydroxylation sites is 2. The molecule has 1 aliphatic heterocycles. The molecule has 1 aliphatic rings. The molecule has 1 fully saturated rings. The number of amides is 1. The van der Waals surface area contributed by atoms with Crippen molar-refractivity contribution in [1.29, 1.82) is 0 Å². The van der Waals surface area contributed by atoms with Crippen LogP contribution < -0.4 is 14.8 Å². The van der Waals surface area contributed by atoms with Crippen LogP contribution in [0.2, 0.25) is 0 Å². The van der Waals surface area contributed by atoms with Gasteiger partial charge < -0.3 is 14.8 Å². The average Bonchev–Trinajstić information content (AvgIpc) is 3.02. The van der Waals surface area contributed by atoms with Crippen molar-refractivity contribution in [2.24, 2.45) is 4.99 Å². The Hall–Kier alpha value is -2.99. The van der Waals surface area contributed by atoms with Gasteiger partial charge in [0.25, 0.3) is 5.91 Å². The van der Waals surface area contributed by atoms with Crippen LogP contribution in [0.5, 0.6) is 11.5 Å². The largest absolute Gasteiger partial charge is 0.492 e. The molecule has 0 aromatic heterocycles. The monoisotopic (exact) mass is 380 g/mol. The minimum absolute atomic E-state index is 0.167. The zero-order chi connectivity index (χ0) is 19.1. The molecular formula is C21H20N2O3S. The summed E-state index contributed by atoms with van der Waals surface area (Å²) >= 11 is 1.30. The second kappa shape index (κ2) is 9.09. The lowest BCUT2D eigenvalue weighted by molar-refractivity contribution is -0.115. The number of rotatable bonds is 7. The summed E-state index contributed by atoms with van der Waals surface area (Å²) in [6, 6.07) is 15.0. The van der Waals surface area contributed by atoms with Gasteiger partial charge in [0.05, 0.1) is 11.5 Å². The summed E-state index contributed by atoms with van der Waals surface area (Å²) in [5.41, 5.74) is 1.60. The maximum Gasteiger partial charge on any atom is 0.264 e. The molecule has 5 nitrogen and oxygen atoms in total. The SMILES string of the molecule is C=CCOc1ccc(/C=C2\SC(=Nc3ccccc3OCC)NC2=O)cc1. The molecule has 2 aromatic carbocycles. The van der Waals surface area contributed by atoms with Gasteiger partial charge in [0.2, 0.25) is 0 Å². The summed E-state index contributed by atoms with van der Waals surface area (Å²) in [7, 11) is 0. The molecule has 0 radical (unpaired) electrons. The molecule has 1 amide bonds. The first-order valence-electron chi connectivity index (χ1n) is 8.54. The fourth-order valence-corrected chi connectivity index (χ4v) is 3.22. The first-order chi connectivity index (χ1) is 13.2. The van der Waals surface area contributed by atoms with E-state index in [1.165, 1.54) is 11.8 Å². The number of thioether (sulfide) groups is 1. The van der Waals surface area contributed by atoms with E-state index in [-0.39, 0.29) is 5.91 Å². The van der Waals surface area contributed by atoms with Gasteiger partial charge >= 0.3 is 0 Å². The third-order valence-corrected chi connectivity index (χ3v) is 4.49. The standard InChI is InChI=1S/C21H20N2O3S/c1-3-13-26-16-11-9-15(10-12-16)14-19-20(24)23-21(27-19)22-17-7-5-6-8-18(17)25-4-2/h3,5-12,14H,1,4,13H2,2H3,(H,22,23,24)/b19-14-. The average molecular weight is 380 g/mol. The summed E-state index contributed by atoms with van der Waals surface area (Å²) in [4.78, 5) is 17.4. The Morgan fingerprint density at radius 3 is 2.67 bits per heavy atom. The second-order valence-electron chi connectivity index (χ2n) is 5.55. The van der Waals surface area contributed by atoms with Crippen molar-refractivity contribution in [3.63, 3.8) is 0 Å². The van der Waals surface area contributed by atoms with Crippen molar-refractivity contribution in [3.8, 4) is 11.5 Å². The molecule has 1 N–H and O–H groups in total. The molecule has 6 heteroatoms. The van der Waals surface area contributed by atoms with Crippen LogP contribution in [0.1, 0.15) is 12.5 Å². The Balaban J connectivity index is 1.75. The Kier molecular flexibility index (Phi) is 6.33. The fraction of sp³-hybridized carbons (Fsp3) is 0.143. The maximum absolute atomic E-state index is 12.3. The number of ether oxygens (including phenoxy) is 2. The van der Waals surface area contributed by atoms with E-state index < -0.39 is 0 Å². The van der Waals surface area contributed by atoms with Crippen molar-refractivity contribution >= 4 is 34.6 Å². The fourth-order valence-electron chi connectivity index (χ4n) is 2.38. The first-order valence-corrected chi connectivity index (χ1v) is 9.36. The van der Waals surface area contributed by atoms with E-state index in [1.54, 1.807) is 6.08 Å². The van der Waals surface area contributed by atoms with Gasteiger partial charge in [-0.15, -0.1) is 0 Å². The van der Waals surface area contributed by atoms with E-state index in [2.05, 4.69) is 16.9 Å². The van der Waals surface area contributed by atoms with E-state index >= 15 is 0 Å². The number of hydrogen-bond donors (Lipinski definition) is 1. The number of nitrogens with zero attached hydrogens (tertiary/aromatic N) is 1. The molecule has 0 saturated carbocycles. The van der Waals surface area contributed by atoms with Gasteiger partial charge in [-0.1, -0.05) is 36.9 Å². The Morgan fingerprint density at radius 1 is 1.15 bits per heavy atom. The summed E-state index contributed by atoms with van der Waals surface area (Å²) in [6.07, 6.45) is 3.52. The van der Waals surface area contributed by atoms with Crippen molar-refractivity contribution in [3.05, 3.63) is 71.7 Å². The normalized spacial score (nSPS) is 16.4. The molecule has 3 rings (SSSR count). The van der Waals surface area contributed by atoms with Crippen LogP contribution in [-0.4, -0.2) is 24.3 Å². The highest BCUT2D eigenvalue weighted by Gasteiger charge is 2.24. The summed E-state index contributed by atoms with van der Waals surface area (Å²) in [6.45, 7) is 6.56. The van der Waals surface area contributed by atoms with Crippen LogP contribution in [-0.2, 0) is 4.79 Å². The van der Waals surface area contributed by atoms with Crippen LogP contribution in [0.25, 0.3) is 6.08 Å². The van der Waals surface area contributed by atoms with Gasteiger partial charge in [-0.3, -0.25) is 4.79 Å². The molecule has 1 heterocycles. The van der Waals surface area contributed by atoms with Gasteiger partial charge in [-0.05, 0) is 54.6 Å². The minimum Gasteiger partial charge on any atom is -0.492 e. The molecular weight excluding hydrogens is 360 g/mol. The highest BCUT2D eigenvalue weighted by atomic mass is 32.2. The summed E-state index contributed by atoms with van der Waals surface area (Å²) in [5.74, 6) is 1.28. The van der Waals surface area contributed by atoms with Crippen molar-refractivity contribution < 1.29 is 14.3 Å². The molecule has 27 heavy (non-hydrogen) atoms. The third kappa shape index (κ3) is 5.01. The van der Waals surface area contributed by atoms with E-state index in [9.17, 15) is 4.79 Å². The Morgan fingerprint density at radius 2 is 1.93 bits per heavy atom. The lowest BCUT2D eigenvalue weighted by Crippen LogP contribution is -2.19. The van der Waals surface area contributed by atoms with Gasteiger partial charge in [-0.25, -0.2) is 4.99 Å². The van der Waals surface area contributed by atoms with Crippen molar-refractivity contribution in [1.82, 2.24) is 5.32 Å². The highest BCUT2D eigenvalue weighted by molar-refractivity contribution is 8.18. The molecule has 0 aliphatic carbocycles. The molecule has 0 spiro atoms. The van der Waals surface area contributed by atoms with E-state index in [0.29, 0.717) is 34.7 Å². The molecule has 0 atom stereocenters. The molecule has 0 bridgehead atoms. The zero-order valence-electron chi connectivity index (χ0n) is 15.0. The molecule has 138 valence electrons. The van der Waals surface area contributed by atoms with Gasteiger partial charge in [0.1, 0.15) is 23.8 Å². The predicted molar refractivity (Wildman–Crippen MR) is 111 cm³/mol. The van der Waals surface area contributed by atoms with Crippen molar-refractivity contribution in [2.75, 3.05) is 13.2 Å². The number of carbonyl (C=O) groups excluding carboxylic acids is 1. The quantitative estimate of drug-likeness (QED) is 0.566. The van der Waals surface area contributed by atoms with E-state index in [0.717, 1.165) is 11.3 Å². The van der Waals surface area contributed by atoms with Gasteiger partial charge in [0, 0.05) is 0 Å². The number of hydrogen-bond acceptors (Lipinski definition) is 5. The summed E-state index contributed by atoms with van der Waals surface area (Å²) in [5, 5.41) is 3.33. The lowest BCUT2D eigenvalue weighted by atomic mass is 10.2. The maximum atomic E-state index is 12.3. The topological polar surface area (TPSA) is 59.9 Å². The molecule has 1 saturated heterocycles. The number of benzene rings is 2. The zero-order valence-corrected chi connectivity index (χ0v) is 15.8. The van der Waals surface area contributed by atoms with E-state index in [1.807, 2.05) is 61.5 Å². The van der Waals surface area contributed by atoms with Crippen molar-refractivity contribution in [2.45, 2.75) is 6.92 Å². The van der Waals surface area contributed by atoms with Crippen LogP contribution in [0.15, 0.2) is 71.1 Å². The van der Waals surface area contributed by atoms with Crippen LogP contribution >= 0.6 is 11.8 Å². The van der Waals surface area contributed by atoms with Crippen LogP contribution in [0, 0.1) is 0 Å². The predicted octanol–water partition coefficient (Wildman–Crippen LogP) is 4.54. The molecule has 2 aromatic rings. The number of amidine groups is 1. The van der Waals surface area contributed by atoms with Gasteiger partial charge in [-0.2, -0.15) is 0 Å². The number of aliphatic imine (C=N–C) groups is 1. The Labute approximate surface area is 162 Å². The lowest BCUT2D eigenvalue weighted by Gasteiger charge is -2.06. The molecule has 0 unspecified atom stereocenters. The van der Waals surface area contributed by atoms with Gasteiger partial charge in [0.15, 0.2) is 5.17 Å². The second-order valence-corrected chi connectivity index (χ2v) is 6.58. The van der Waals surface area contributed by atoms with Crippen LogP contribution in [0.4, 0.5) is 5.69 Å². The van der Waals surface area contributed by atoms with E-state index in [4.69, 9.17) is 9.47 Å². The first kappa shape index (κ1) is 18.8. The minimum atomic E-state index is -0.167. The highest BCUT2D eigenvalue weighted by Crippen LogP contribution is 2.32. The van der Waals surface area contributed by atoms with Crippen LogP contribution in [0.3, 0.4) is 0 Å². The Bertz CT molecular complexity index is 889. The third-order valence-electron chi connectivity index (χ3n) is 3.58. The number of nitrogens with one attached hydrogen (secondary N) is 1.